The van der Waals surface area contributed by atoms with E-state index in [-0.39, 0.29) is 22.8 Å². The summed E-state index contributed by atoms with van der Waals surface area (Å²) >= 11 is 0. The van der Waals surface area contributed by atoms with E-state index in [1.54, 1.807) is 37.3 Å². The Balaban J connectivity index is 1.94. The van der Waals surface area contributed by atoms with Gasteiger partial charge in [0.1, 0.15) is 16.4 Å². The van der Waals surface area contributed by atoms with Crippen molar-refractivity contribution in [2.45, 2.75) is 44.0 Å². The van der Waals surface area contributed by atoms with E-state index in [0.717, 1.165) is 0 Å². The molecule has 0 bridgehead atoms. The Morgan fingerprint density at radius 3 is 2.22 bits per heavy atom. The average Bonchev–Trinajstić information content (AvgIpc) is 2.87. The highest BCUT2D eigenvalue weighted by molar-refractivity contribution is 7.89. The molecular weight excluding hydrogens is 484 g/mol. The Hall–Kier alpha value is -3.31. The van der Waals surface area contributed by atoms with Crippen molar-refractivity contribution >= 4 is 33.2 Å². The van der Waals surface area contributed by atoms with Gasteiger partial charge in [-0.3, -0.25) is 9.59 Å². The predicted molar refractivity (Wildman–Crippen MR) is 138 cm³/mol. The highest BCUT2D eigenvalue weighted by Gasteiger charge is 2.28. The molecule has 10 nitrogen and oxygen atoms in total. The number of carbonyl (C=O) groups excluding carboxylic acids is 2. The lowest BCUT2D eigenvalue weighted by atomic mass is 9.96. The Morgan fingerprint density at radius 1 is 1.08 bits per heavy atom. The summed E-state index contributed by atoms with van der Waals surface area (Å²) in [6, 6.07) is 9.30. The van der Waals surface area contributed by atoms with Crippen molar-refractivity contribution in [1.82, 2.24) is 4.72 Å². The van der Waals surface area contributed by atoms with Gasteiger partial charge in [0.25, 0.3) is 5.91 Å². The van der Waals surface area contributed by atoms with Gasteiger partial charge in [0, 0.05) is 42.4 Å². The normalized spacial score (nSPS) is 15.3. The molecule has 1 saturated heterocycles. The Labute approximate surface area is 212 Å². The van der Waals surface area contributed by atoms with Gasteiger partial charge >= 0.3 is 0 Å². The van der Waals surface area contributed by atoms with Crippen LogP contribution in [-0.2, 0) is 14.8 Å². The highest BCUT2D eigenvalue weighted by Crippen LogP contribution is 2.32. The summed E-state index contributed by atoms with van der Waals surface area (Å²) in [6.07, 6.45) is 1.71. The molecular formula is C25H34N4O6S. The van der Waals surface area contributed by atoms with Crippen molar-refractivity contribution in [3.8, 4) is 11.5 Å². The van der Waals surface area contributed by atoms with Crippen LogP contribution < -0.4 is 30.1 Å². The summed E-state index contributed by atoms with van der Waals surface area (Å²) < 4.78 is 39.9. The Kier molecular flexibility index (Phi) is 8.80. The molecule has 1 atom stereocenters. The maximum Gasteiger partial charge on any atom is 0.255 e. The molecule has 2 amide bonds. The van der Waals surface area contributed by atoms with E-state index in [0.29, 0.717) is 60.8 Å². The van der Waals surface area contributed by atoms with E-state index in [1.807, 2.05) is 11.8 Å². The molecule has 36 heavy (non-hydrogen) atoms. The van der Waals surface area contributed by atoms with Gasteiger partial charge in [-0.25, -0.2) is 13.1 Å². The zero-order valence-corrected chi connectivity index (χ0v) is 21.9. The standard InChI is InChI=1S/C25H34N4O6S/c1-5-16(2)28-36(32,33)23-14-19(6-7-22(23)29-10-8-17(9-11-29)24(26)30)27-25(31)18-12-20(34-3)15-21(13-18)35-4/h6-7,12-17,28H,5,8-11H2,1-4H3,(H2,26,30)(H,27,31)/t16-/m0/s1. The minimum atomic E-state index is -3.90. The van der Waals surface area contributed by atoms with Crippen molar-refractivity contribution < 1.29 is 27.5 Å². The minimum Gasteiger partial charge on any atom is -0.497 e. The van der Waals surface area contributed by atoms with Crippen LogP contribution in [0.5, 0.6) is 11.5 Å². The van der Waals surface area contributed by atoms with Crippen LogP contribution in [0.2, 0.25) is 0 Å². The summed E-state index contributed by atoms with van der Waals surface area (Å²) in [4.78, 5) is 26.5. The SMILES string of the molecule is CC[C@H](C)NS(=O)(=O)c1cc(NC(=O)c2cc(OC)cc(OC)c2)ccc1N1CCC(C(N)=O)CC1. The van der Waals surface area contributed by atoms with Crippen LogP contribution in [0.15, 0.2) is 41.3 Å². The van der Waals surface area contributed by atoms with Gasteiger partial charge in [-0.1, -0.05) is 6.92 Å². The van der Waals surface area contributed by atoms with E-state index >= 15 is 0 Å². The maximum atomic E-state index is 13.4. The minimum absolute atomic E-state index is 0.0568. The van der Waals surface area contributed by atoms with Crippen molar-refractivity contribution in [2.24, 2.45) is 11.7 Å². The number of anilines is 2. The van der Waals surface area contributed by atoms with E-state index in [4.69, 9.17) is 15.2 Å². The fourth-order valence-corrected chi connectivity index (χ4v) is 5.60. The number of carbonyl (C=O) groups is 2. The topological polar surface area (TPSA) is 140 Å². The summed E-state index contributed by atoms with van der Waals surface area (Å²) in [5.74, 6) is -0.1000. The molecule has 0 saturated carbocycles. The van der Waals surface area contributed by atoms with Gasteiger partial charge in [0.2, 0.25) is 15.9 Å². The lowest BCUT2D eigenvalue weighted by Crippen LogP contribution is -2.40. The fraction of sp³-hybridized carbons (Fsp3) is 0.440. The number of nitrogens with zero attached hydrogens (tertiary/aromatic N) is 1. The second-order valence-electron chi connectivity index (χ2n) is 8.83. The highest BCUT2D eigenvalue weighted by atomic mass is 32.2. The molecule has 0 aliphatic carbocycles. The number of rotatable bonds is 10. The summed E-state index contributed by atoms with van der Waals surface area (Å²) in [6.45, 7) is 4.67. The number of piperidine rings is 1. The van der Waals surface area contributed by atoms with Crippen molar-refractivity contribution in [2.75, 3.05) is 37.5 Å². The number of hydrogen-bond acceptors (Lipinski definition) is 7. The number of amides is 2. The van der Waals surface area contributed by atoms with E-state index in [2.05, 4.69) is 10.0 Å². The van der Waals surface area contributed by atoms with Crippen LogP contribution in [0.4, 0.5) is 11.4 Å². The van der Waals surface area contributed by atoms with Crippen LogP contribution in [0.3, 0.4) is 0 Å². The third kappa shape index (κ3) is 6.46. The van der Waals surface area contributed by atoms with Gasteiger partial charge in [0.05, 0.1) is 19.9 Å². The molecule has 0 unspecified atom stereocenters. The Bertz CT molecular complexity index is 1190. The molecule has 1 aliphatic rings. The van der Waals surface area contributed by atoms with Crippen LogP contribution in [0, 0.1) is 5.92 Å². The molecule has 196 valence electrons. The van der Waals surface area contributed by atoms with Crippen LogP contribution in [0.1, 0.15) is 43.5 Å². The van der Waals surface area contributed by atoms with Crippen LogP contribution in [0.25, 0.3) is 0 Å². The number of hydrogen-bond donors (Lipinski definition) is 3. The number of ether oxygens (including phenoxy) is 2. The van der Waals surface area contributed by atoms with Gasteiger partial charge in [-0.15, -0.1) is 0 Å². The van der Waals surface area contributed by atoms with Crippen molar-refractivity contribution in [1.29, 1.82) is 0 Å². The molecule has 2 aromatic carbocycles. The number of sulfonamides is 1. The average molecular weight is 519 g/mol. The smallest absolute Gasteiger partial charge is 0.255 e. The lowest BCUT2D eigenvalue weighted by molar-refractivity contribution is -0.122. The van der Waals surface area contributed by atoms with Gasteiger partial charge < -0.3 is 25.4 Å². The first-order valence-electron chi connectivity index (χ1n) is 11.8. The first kappa shape index (κ1) is 27.3. The molecule has 1 heterocycles. The molecule has 3 rings (SSSR count). The molecule has 4 N–H and O–H groups in total. The quantitative estimate of drug-likeness (QED) is 0.439. The molecule has 0 spiro atoms. The number of benzene rings is 2. The van der Waals surface area contributed by atoms with E-state index in [1.165, 1.54) is 20.3 Å². The van der Waals surface area contributed by atoms with Gasteiger partial charge in [-0.05, 0) is 56.5 Å². The zero-order valence-electron chi connectivity index (χ0n) is 21.0. The summed E-state index contributed by atoms with van der Waals surface area (Å²) in [5.41, 5.74) is 6.58. The molecule has 11 heteroatoms. The fourth-order valence-electron chi connectivity index (χ4n) is 4.03. The first-order chi connectivity index (χ1) is 17.1. The largest absolute Gasteiger partial charge is 0.497 e. The summed E-state index contributed by atoms with van der Waals surface area (Å²) in [5, 5.41) is 2.77. The molecule has 0 aromatic heterocycles. The van der Waals surface area contributed by atoms with E-state index < -0.39 is 15.9 Å². The second-order valence-corrected chi connectivity index (χ2v) is 10.5. The number of primary amides is 1. The van der Waals surface area contributed by atoms with Crippen LogP contribution in [-0.4, -0.2) is 53.6 Å². The zero-order chi connectivity index (χ0) is 26.5. The third-order valence-corrected chi connectivity index (χ3v) is 7.95. The molecule has 1 fully saturated rings. The monoisotopic (exact) mass is 518 g/mol. The Morgan fingerprint density at radius 2 is 1.69 bits per heavy atom. The van der Waals surface area contributed by atoms with Crippen molar-refractivity contribution in [3.63, 3.8) is 0 Å². The molecule has 0 radical (unpaired) electrons. The number of nitrogens with two attached hydrogens (primary N) is 1. The lowest BCUT2D eigenvalue weighted by Gasteiger charge is -2.33. The number of methoxy groups -OCH3 is 2. The maximum absolute atomic E-state index is 13.4. The van der Waals surface area contributed by atoms with Crippen LogP contribution >= 0.6 is 0 Å². The third-order valence-electron chi connectivity index (χ3n) is 6.33. The molecule has 1 aliphatic heterocycles. The van der Waals surface area contributed by atoms with Crippen molar-refractivity contribution in [3.05, 3.63) is 42.0 Å². The number of nitrogens with one attached hydrogen (secondary N) is 2. The second kappa shape index (κ2) is 11.6. The summed E-state index contributed by atoms with van der Waals surface area (Å²) in [7, 11) is -0.922. The van der Waals surface area contributed by atoms with Gasteiger partial charge in [-0.2, -0.15) is 0 Å². The first-order valence-corrected chi connectivity index (χ1v) is 13.3. The predicted octanol–water partition coefficient (Wildman–Crippen LogP) is 2.73. The molecule has 2 aromatic rings. The van der Waals surface area contributed by atoms with Gasteiger partial charge in [0.15, 0.2) is 0 Å². The van der Waals surface area contributed by atoms with E-state index in [9.17, 15) is 18.0 Å².